The molecule has 1 aromatic heterocycles. The summed E-state index contributed by atoms with van der Waals surface area (Å²) < 4.78 is 0. The number of aromatic nitrogens is 1. The Morgan fingerprint density at radius 3 is 2.53 bits per heavy atom. The predicted octanol–water partition coefficient (Wildman–Crippen LogP) is 2.98. The van der Waals surface area contributed by atoms with Crippen molar-refractivity contribution in [2.24, 2.45) is 0 Å². The molecule has 1 aliphatic heterocycles. The van der Waals surface area contributed by atoms with Crippen molar-refractivity contribution in [1.29, 1.82) is 0 Å². The maximum atomic E-state index is 4.74. The van der Waals surface area contributed by atoms with E-state index >= 15 is 0 Å². The average molecular weight is 257 g/mol. The van der Waals surface area contributed by atoms with Gasteiger partial charge in [-0.25, -0.2) is 4.98 Å². The summed E-state index contributed by atoms with van der Waals surface area (Å²) in [5, 5.41) is 4.59. The molecule has 1 saturated heterocycles. The molecule has 0 spiro atoms. The fraction of sp³-hybridized carbons (Fsp3) is 0.438. The fourth-order valence-corrected chi connectivity index (χ4v) is 2.30. The molecule has 0 atom stereocenters. The largest absolute Gasteiger partial charge is 0.354 e. The lowest BCUT2D eigenvalue weighted by atomic mass is 10.1. The molecule has 19 heavy (non-hydrogen) atoms. The van der Waals surface area contributed by atoms with Gasteiger partial charge >= 0.3 is 0 Å². The fourth-order valence-electron chi connectivity index (χ4n) is 2.30. The average Bonchev–Trinajstić information content (AvgIpc) is 2.49. The molecule has 3 rings (SSSR count). The lowest BCUT2D eigenvalue weighted by molar-refractivity contribution is 0.585. The third-order valence-corrected chi connectivity index (χ3v) is 3.27. The highest BCUT2D eigenvalue weighted by atomic mass is 15.2. The quantitative estimate of drug-likeness (QED) is 0.851. The van der Waals surface area contributed by atoms with Crippen LogP contribution in [-0.2, 0) is 0 Å². The molecular formula is C16H23N3. The highest BCUT2D eigenvalue weighted by Gasteiger charge is 2.11. The number of hydrogen-bond acceptors (Lipinski definition) is 3. The number of aryl methyl sites for hydroxylation is 1. The van der Waals surface area contributed by atoms with Crippen molar-refractivity contribution in [1.82, 2.24) is 10.3 Å². The maximum absolute atomic E-state index is 4.74. The normalized spacial score (nSPS) is 15.0. The summed E-state index contributed by atoms with van der Waals surface area (Å²) in [5.41, 5.74) is 2.38. The lowest BCUT2D eigenvalue weighted by Crippen LogP contribution is -2.43. The number of pyridine rings is 1. The highest BCUT2D eigenvalue weighted by Crippen LogP contribution is 2.19. The molecule has 0 bridgehead atoms. The van der Waals surface area contributed by atoms with E-state index in [1.807, 2.05) is 13.8 Å². The molecule has 0 radical (unpaired) electrons. The number of nitrogens with one attached hydrogen (secondary N) is 1. The summed E-state index contributed by atoms with van der Waals surface area (Å²) in [4.78, 5) is 7.08. The SMILES string of the molecule is CC.Cc1ccc2nc(N3CCNCC3)ccc2c1. The predicted molar refractivity (Wildman–Crippen MR) is 82.9 cm³/mol. The molecular weight excluding hydrogens is 234 g/mol. The van der Waals surface area contributed by atoms with Crippen LogP contribution in [0.1, 0.15) is 19.4 Å². The van der Waals surface area contributed by atoms with Crippen molar-refractivity contribution in [2.45, 2.75) is 20.8 Å². The van der Waals surface area contributed by atoms with E-state index in [1.54, 1.807) is 0 Å². The number of rotatable bonds is 1. The topological polar surface area (TPSA) is 28.2 Å². The van der Waals surface area contributed by atoms with Crippen LogP contribution in [0.4, 0.5) is 5.82 Å². The number of anilines is 1. The first-order valence-corrected chi connectivity index (χ1v) is 7.16. The van der Waals surface area contributed by atoms with Gasteiger partial charge in [-0.2, -0.15) is 0 Å². The summed E-state index contributed by atoms with van der Waals surface area (Å²) in [5.74, 6) is 1.10. The molecule has 1 N–H and O–H groups in total. The summed E-state index contributed by atoms with van der Waals surface area (Å²) in [6, 6.07) is 10.7. The van der Waals surface area contributed by atoms with E-state index in [0.717, 1.165) is 37.5 Å². The number of piperazine rings is 1. The number of fused-ring (bicyclic) bond motifs is 1. The molecule has 2 aromatic rings. The monoisotopic (exact) mass is 257 g/mol. The van der Waals surface area contributed by atoms with Gasteiger partial charge in [0.1, 0.15) is 5.82 Å². The molecule has 1 aliphatic rings. The van der Waals surface area contributed by atoms with Crippen molar-refractivity contribution >= 4 is 16.7 Å². The second-order valence-corrected chi connectivity index (χ2v) is 4.60. The first kappa shape index (κ1) is 13.8. The van der Waals surface area contributed by atoms with E-state index in [0.29, 0.717) is 0 Å². The van der Waals surface area contributed by atoms with E-state index < -0.39 is 0 Å². The summed E-state index contributed by atoms with van der Waals surface area (Å²) in [6.45, 7) is 10.3. The molecule has 0 unspecified atom stereocenters. The molecule has 0 saturated carbocycles. The third-order valence-electron chi connectivity index (χ3n) is 3.27. The Balaban J connectivity index is 0.000000637. The first-order valence-electron chi connectivity index (χ1n) is 7.16. The maximum Gasteiger partial charge on any atom is 0.129 e. The second kappa shape index (κ2) is 6.53. The molecule has 0 amide bonds. The summed E-state index contributed by atoms with van der Waals surface area (Å²) in [7, 11) is 0. The van der Waals surface area contributed by atoms with Gasteiger partial charge in [-0.15, -0.1) is 0 Å². The smallest absolute Gasteiger partial charge is 0.129 e. The van der Waals surface area contributed by atoms with Crippen LogP contribution in [0.25, 0.3) is 10.9 Å². The van der Waals surface area contributed by atoms with Crippen molar-refractivity contribution in [3.63, 3.8) is 0 Å². The van der Waals surface area contributed by atoms with Crippen LogP contribution in [0, 0.1) is 6.92 Å². The summed E-state index contributed by atoms with van der Waals surface area (Å²) in [6.07, 6.45) is 0. The van der Waals surface area contributed by atoms with Gasteiger partial charge in [-0.3, -0.25) is 0 Å². The Morgan fingerprint density at radius 2 is 1.79 bits per heavy atom. The minimum Gasteiger partial charge on any atom is -0.354 e. The van der Waals surface area contributed by atoms with Crippen LogP contribution >= 0.6 is 0 Å². The van der Waals surface area contributed by atoms with Crippen LogP contribution in [-0.4, -0.2) is 31.2 Å². The Bertz CT molecular complexity index is 531. The van der Waals surface area contributed by atoms with E-state index in [4.69, 9.17) is 4.98 Å². The first-order chi connectivity index (χ1) is 9.33. The van der Waals surface area contributed by atoms with Crippen molar-refractivity contribution in [3.05, 3.63) is 35.9 Å². The Labute approximate surface area is 115 Å². The Hall–Kier alpha value is -1.61. The van der Waals surface area contributed by atoms with Crippen LogP contribution in [0.3, 0.4) is 0 Å². The molecule has 2 heterocycles. The van der Waals surface area contributed by atoms with Gasteiger partial charge in [0.2, 0.25) is 0 Å². The van der Waals surface area contributed by atoms with E-state index in [9.17, 15) is 0 Å². The number of nitrogens with zero attached hydrogens (tertiary/aromatic N) is 2. The van der Waals surface area contributed by atoms with Gasteiger partial charge < -0.3 is 10.2 Å². The van der Waals surface area contributed by atoms with Gasteiger partial charge in [0, 0.05) is 31.6 Å². The zero-order chi connectivity index (χ0) is 13.7. The molecule has 102 valence electrons. The number of hydrogen-bond donors (Lipinski definition) is 1. The molecule has 3 nitrogen and oxygen atoms in total. The van der Waals surface area contributed by atoms with Gasteiger partial charge in [-0.05, 0) is 31.2 Å². The van der Waals surface area contributed by atoms with Crippen LogP contribution in [0.15, 0.2) is 30.3 Å². The van der Waals surface area contributed by atoms with E-state index in [-0.39, 0.29) is 0 Å². The standard InChI is InChI=1S/C14H17N3.C2H6/c1-11-2-4-13-12(10-11)3-5-14(16-13)17-8-6-15-7-9-17;1-2/h2-5,10,15H,6-9H2,1H3;1-2H3. The minimum atomic E-state index is 1.05. The van der Waals surface area contributed by atoms with Crippen molar-refractivity contribution < 1.29 is 0 Å². The second-order valence-electron chi connectivity index (χ2n) is 4.60. The number of benzene rings is 1. The van der Waals surface area contributed by atoms with Crippen molar-refractivity contribution in [3.8, 4) is 0 Å². The minimum absolute atomic E-state index is 1.05. The Morgan fingerprint density at radius 1 is 1.05 bits per heavy atom. The highest BCUT2D eigenvalue weighted by molar-refractivity contribution is 5.81. The van der Waals surface area contributed by atoms with Crippen LogP contribution in [0.5, 0.6) is 0 Å². The molecule has 3 heteroatoms. The zero-order valence-corrected chi connectivity index (χ0v) is 12.1. The summed E-state index contributed by atoms with van der Waals surface area (Å²) >= 11 is 0. The van der Waals surface area contributed by atoms with Gasteiger partial charge in [-0.1, -0.05) is 25.5 Å². The molecule has 0 aliphatic carbocycles. The lowest BCUT2D eigenvalue weighted by Gasteiger charge is -2.28. The van der Waals surface area contributed by atoms with Gasteiger partial charge in [0.05, 0.1) is 5.52 Å². The molecule has 1 aromatic carbocycles. The van der Waals surface area contributed by atoms with Gasteiger partial charge in [0.15, 0.2) is 0 Å². The van der Waals surface area contributed by atoms with E-state index in [1.165, 1.54) is 10.9 Å². The van der Waals surface area contributed by atoms with Crippen molar-refractivity contribution in [2.75, 3.05) is 31.1 Å². The third kappa shape index (κ3) is 3.24. The Kier molecular flexibility index (Phi) is 4.74. The zero-order valence-electron chi connectivity index (χ0n) is 12.1. The van der Waals surface area contributed by atoms with Crippen LogP contribution in [0.2, 0.25) is 0 Å². The van der Waals surface area contributed by atoms with E-state index in [2.05, 4.69) is 47.5 Å². The van der Waals surface area contributed by atoms with Crippen LogP contribution < -0.4 is 10.2 Å². The molecule has 1 fully saturated rings. The van der Waals surface area contributed by atoms with Gasteiger partial charge in [0.25, 0.3) is 0 Å².